The number of rotatable bonds is 1. The van der Waals surface area contributed by atoms with Crippen LogP contribution in [0, 0.1) is 11.6 Å². The molecule has 2 N–H and O–H groups in total. The molecule has 0 spiro atoms. The summed E-state index contributed by atoms with van der Waals surface area (Å²) in [6.45, 7) is 0. The van der Waals surface area contributed by atoms with Gasteiger partial charge < -0.3 is 5.73 Å². The van der Waals surface area contributed by atoms with Crippen molar-refractivity contribution in [1.82, 2.24) is 4.98 Å². The maximum atomic E-state index is 13.9. The van der Waals surface area contributed by atoms with Crippen LogP contribution >= 0.6 is 0 Å². The summed E-state index contributed by atoms with van der Waals surface area (Å²) in [6, 6.07) is 4.77. The average Bonchev–Trinajstić information content (AvgIpc) is 2.69. The fourth-order valence-electron chi connectivity index (χ4n) is 2.05. The SMILES string of the molecule is Nc1ccc(F)c(F)c1N1C(=O)c2cccnc2C1=O. The van der Waals surface area contributed by atoms with Gasteiger partial charge in [-0.3, -0.25) is 14.6 Å². The Morgan fingerprint density at radius 2 is 1.85 bits per heavy atom. The topological polar surface area (TPSA) is 76.3 Å². The van der Waals surface area contributed by atoms with Crippen molar-refractivity contribution in [3.05, 3.63) is 53.4 Å². The minimum Gasteiger partial charge on any atom is -0.397 e. The van der Waals surface area contributed by atoms with Gasteiger partial charge in [0.05, 0.1) is 11.3 Å². The number of carbonyl (C=O) groups excluding carboxylic acids is 2. The van der Waals surface area contributed by atoms with Crippen LogP contribution in [0.1, 0.15) is 20.8 Å². The number of nitrogen functional groups attached to an aromatic ring is 1. The number of amides is 2. The average molecular weight is 275 g/mol. The number of nitrogens with zero attached hydrogens (tertiary/aromatic N) is 2. The number of fused-ring (bicyclic) bond motifs is 1. The van der Waals surface area contributed by atoms with E-state index in [-0.39, 0.29) is 16.9 Å². The van der Waals surface area contributed by atoms with Gasteiger partial charge in [0.15, 0.2) is 11.6 Å². The second-order valence-electron chi connectivity index (χ2n) is 4.14. The summed E-state index contributed by atoms with van der Waals surface area (Å²) in [5, 5.41) is 0. The van der Waals surface area contributed by atoms with Crippen molar-refractivity contribution in [3.8, 4) is 0 Å². The summed E-state index contributed by atoms with van der Waals surface area (Å²) in [4.78, 5) is 28.5. The van der Waals surface area contributed by atoms with Crippen LogP contribution < -0.4 is 10.6 Å². The molecule has 0 atom stereocenters. The highest BCUT2D eigenvalue weighted by molar-refractivity contribution is 6.34. The first kappa shape index (κ1) is 12.2. The van der Waals surface area contributed by atoms with Crippen LogP contribution in [-0.2, 0) is 0 Å². The zero-order valence-corrected chi connectivity index (χ0v) is 9.93. The molecule has 0 fully saturated rings. The number of benzene rings is 1. The molecule has 0 unspecified atom stereocenters. The van der Waals surface area contributed by atoms with Crippen LogP contribution in [0.2, 0.25) is 0 Å². The second-order valence-corrected chi connectivity index (χ2v) is 4.14. The van der Waals surface area contributed by atoms with Crippen molar-refractivity contribution >= 4 is 23.2 Å². The first-order valence-corrected chi connectivity index (χ1v) is 5.59. The minimum atomic E-state index is -1.35. The van der Waals surface area contributed by atoms with Crippen molar-refractivity contribution in [3.63, 3.8) is 0 Å². The molecule has 20 heavy (non-hydrogen) atoms. The number of halogens is 2. The Hall–Kier alpha value is -2.83. The number of hydrogen-bond donors (Lipinski definition) is 1. The molecule has 1 aromatic heterocycles. The van der Waals surface area contributed by atoms with E-state index in [9.17, 15) is 18.4 Å². The first-order chi connectivity index (χ1) is 9.52. The van der Waals surface area contributed by atoms with Gasteiger partial charge >= 0.3 is 0 Å². The van der Waals surface area contributed by atoms with Gasteiger partial charge in [-0.25, -0.2) is 13.7 Å². The van der Waals surface area contributed by atoms with E-state index in [4.69, 9.17) is 5.73 Å². The normalized spacial score (nSPS) is 13.8. The van der Waals surface area contributed by atoms with Crippen LogP contribution in [0.25, 0.3) is 0 Å². The van der Waals surface area contributed by atoms with Gasteiger partial charge in [0, 0.05) is 6.20 Å². The minimum absolute atomic E-state index is 0.0283. The van der Waals surface area contributed by atoms with E-state index >= 15 is 0 Å². The Morgan fingerprint density at radius 1 is 1.10 bits per heavy atom. The summed E-state index contributed by atoms with van der Waals surface area (Å²) >= 11 is 0. The molecule has 2 amide bonds. The summed E-state index contributed by atoms with van der Waals surface area (Å²) in [5.41, 5.74) is 4.68. The molecule has 0 bridgehead atoms. The van der Waals surface area contributed by atoms with Gasteiger partial charge in [-0.05, 0) is 24.3 Å². The molecule has 100 valence electrons. The molecule has 1 aromatic carbocycles. The van der Waals surface area contributed by atoms with Gasteiger partial charge in [0.1, 0.15) is 11.4 Å². The van der Waals surface area contributed by atoms with E-state index in [0.29, 0.717) is 4.90 Å². The highest BCUT2D eigenvalue weighted by atomic mass is 19.2. The Balaban J connectivity index is 2.22. The lowest BCUT2D eigenvalue weighted by Gasteiger charge is -2.16. The van der Waals surface area contributed by atoms with Crippen molar-refractivity contribution in [2.45, 2.75) is 0 Å². The lowest BCUT2D eigenvalue weighted by atomic mass is 10.2. The highest BCUT2D eigenvalue weighted by Gasteiger charge is 2.40. The molecule has 0 aliphatic carbocycles. The van der Waals surface area contributed by atoms with E-state index < -0.39 is 29.1 Å². The largest absolute Gasteiger partial charge is 0.397 e. The molecule has 5 nitrogen and oxygen atoms in total. The number of carbonyl (C=O) groups is 2. The molecule has 1 aliphatic heterocycles. The summed E-state index contributed by atoms with van der Waals surface area (Å²) in [7, 11) is 0. The lowest BCUT2D eigenvalue weighted by Crippen LogP contribution is -2.31. The van der Waals surface area contributed by atoms with E-state index in [0.717, 1.165) is 12.1 Å². The van der Waals surface area contributed by atoms with Gasteiger partial charge in [0.25, 0.3) is 11.8 Å². The predicted octanol–water partition coefficient (Wildman–Crippen LogP) is 1.74. The molecular weight excluding hydrogens is 268 g/mol. The van der Waals surface area contributed by atoms with Gasteiger partial charge in [0.2, 0.25) is 0 Å². The fraction of sp³-hybridized carbons (Fsp3) is 0. The Labute approximate surface area is 111 Å². The molecule has 0 radical (unpaired) electrons. The maximum Gasteiger partial charge on any atom is 0.284 e. The number of hydrogen-bond acceptors (Lipinski definition) is 4. The van der Waals surface area contributed by atoms with Crippen molar-refractivity contribution in [2.75, 3.05) is 10.6 Å². The molecular formula is C13H7F2N3O2. The number of imide groups is 1. The van der Waals surface area contributed by atoms with Crippen molar-refractivity contribution in [1.29, 1.82) is 0 Å². The Morgan fingerprint density at radius 3 is 2.55 bits per heavy atom. The molecule has 7 heteroatoms. The maximum absolute atomic E-state index is 13.9. The molecule has 0 saturated heterocycles. The summed E-state index contributed by atoms with van der Waals surface area (Å²) in [5.74, 6) is -4.16. The van der Waals surface area contributed by atoms with E-state index in [1.807, 2.05) is 0 Å². The predicted molar refractivity (Wildman–Crippen MR) is 66.1 cm³/mol. The number of aromatic nitrogens is 1. The zero-order chi connectivity index (χ0) is 14.4. The molecule has 3 rings (SSSR count). The van der Waals surface area contributed by atoms with Crippen LogP contribution in [0.15, 0.2) is 30.5 Å². The summed E-state index contributed by atoms with van der Waals surface area (Å²) < 4.78 is 27.2. The lowest BCUT2D eigenvalue weighted by molar-refractivity contribution is 0.0923. The number of nitrogens with two attached hydrogens (primary N) is 1. The van der Waals surface area contributed by atoms with Gasteiger partial charge in [-0.15, -0.1) is 0 Å². The van der Waals surface area contributed by atoms with Crippen LogP contribution in [0.3, 0.4) is 0 Å². The highest BCUT2D eigenvalue weighted by Crippen LogP contribution is 2.34. The number of pyridine rings is 1. The van der Waals surface area contributed by atoms with Crippen molar-refractivity contribution in [2.24, 2.45) is 0 Å². The third-order valence-electron chi connectivity index (χ3n) is 2.97. The quantitative estimate of drug-likeness (QED) is 0.635. The zero-order valence-electron chi connectivity index (χ0n) is 9.93. The summed E-state index contributed by atoms with van der Waals surface area (Å²) in [6.07, 6.45) is 1.33. The van der Waals surface area contributed by atoms with E-state index in [1.165, 1.54) is 18.3 Å². The van der Waals surface area contributed by atoms with Gasteiger partial charge in [-0.1, -0.05) is 0 Å². The monoisotopic (exact) mass is 275 g/mol. The van der Waals surface area contributed by atoms with Crippen LogP contribution in [0.5, 0.6) is 0 Å². The number of anilines is 2. The van der Waals surface area contributed by atoms with Crippen LogP contribution in [0.4, 0.5) is 20.2 Å². The fourth-order valence-corrected chi connectivity index (χ4v) is 2.05. The molecule has 2 aromatic rings. The third kappa shape index (κ3) is 1.49. The van der Waals surface area contributed by atoms with E-state index in [1.54, 1.807) is 0 Å². The van der Waals surface area contributed by atoms with Gasteiger partial charge in [-0.2, -0.15) is 0 Å². The first-order valence-electron chi connectivity index (χ1n) is 5.59. The third-order valence-corrected chi connectivity index (χ3v) is 2.97. The molecule has 0 saturated carbocycles. The van der Waals surface area contributed by atoms with Crippen LogP contribution in [-0.4, -0.2) is 16.8 Å². The smallest absolute Gasteiger partial charge is 0.284 e. The Kier molecular flexibility index (Phi) is 2.50. The molecule has 1 aliphatic rings. The van der Waals surface area contributed by atoms with Crippen molar-refractivity contribution < 1.29 is 18.4 Å². The van der Waals surface area contributed by atoms with E-state index in [2.05, 4.69) is 4.98 Å². The molecule has 2 heterocycles. The standard InChI is InChI=1S/C13H7F2N3O2/c14-7-3-4-8(16)11(9(7)15)18-12(19)6-2-1-5-17-10(6)13(18)20/h1-5H,16H2. The Bertz CT molecular complexity index is 726. The second kappa shape index (κ2) is 4.09.